The van der Waals surface area contributed by atoms with Crippen molar-refractivity contribution in [3.8, 4) is 5.75 Å². The SMILES string of the molecule is Cc1cc(CCC(=O)O)c(O)c2ccccc12. The van der Waals surface area contributed by atoms with Crippen LogP contribution in [-0.2, 0) is 11.2 Å². The van der Waals surface area contributed by atoms with Gasteiger partial charge in [0.1, 0.15) is 5.75 Å². The van der Waals surface area contributed by atoms with E-state index < -0.39 is 5.97 Å². The molecule has 0 aliphatic rings. The number of phenols is 1. The summed E-state index contributed by atoms with van der Waals surface area (Å²) in [6.07, 6.45) is 0.387. The van der Waals surface area contributed by atoms with Gasteiger partial charge >= 0.3 is 5.97 Å². The number of fused-ring (bicyclic) bond motifs is 1. The van der Waals surface area contributed by atoms with Crippen LogP contribution in [-0.4, -0.2) is 16.2 Å². The van der Waals surface area contributed by atoms with E-state index >= 15 is 0 Å². The molecule has 17 heavy (non-hydrogen) atoms. The molecule has 2 aromatic carbocycles. The van der Waals surface area contributed by atoms with Crippen LogP contribution in [0, 0.1) is 6.92 Å². The van der Waals surface area contributed by atoms with Crippen LogP contribution in [0.25, 0.3) is 10.8 Å². The molecule has 0 spiro atoms. The molecule has 0 radical (unpaired) electrons. The Kier molecular flexibility index (Phi) is 3.00. The number of hydrogen-bond donors (Lipinski definition) is 2. The molecule has 0 unspecified atom stereocenters. The molecule has 88 valence electrons. The Labute approximate surface area is 99.3 Å². The van der Waals surface area contributed by atoms with E-state index in [4.69, 9.17) is 5.11 Å². The van der Waals surface area contributed by atoms with Gasteiger partial charge in [-0.1, -0.05) is 30.3 Å². The second-order valence-electron chi connectivity index (χ2n) is 4.14. The lowest BCUT2D eigenvalue weighted by Gasteiger charge is -2.10. The zero-order chi connectivity index (χ0) is 12.4. The van der Waals surface area contributed by atoms with Gasteiger partial charge in [-0.25, -0.2) is 0 Å². The third-order valence-corrected chi connectivity index (χ3v) is 2.91. The third-order valence-electron chi connectivity index (χ3n) is 2.91. The summed E-state index contributed by atoms with van der Waals surface area (Å²) in [6.45, 7) is 1.96. The van der Waals surface area contributed by atoms with Crippen molar-refractivity contribution in [2.24, 2.45) is 0 Å². The molecule has 2 aromatic rings. The highest BCUT2D eigenvalue weighted by Crippen LogP contribution is 2.31. The van der Waals surface area contributed by atoms with Crippen molar-refractivity contribution in [3.63, 3.8) is 0 Å². The molecule has 0 fully saturated rings. The lowest BCUT2D eigenvalue weighted by molar-refractivity contribution is -0.136. The summed E-state index contributed by atoms with van der Waals surface area (Å²) < 4.78 is 0. The van der Waals surface area contributed by atoms with Crippen LogP contribution in [0.5, 0.6) is 5.75 Å². The molecule has 0 heterocycles. The minimum Gasteiger partial charge on any atom is -0.507 e. The number of aromatic hydroxyl groups is 1. The summed E-state index contributed by atoms with van der Waals surface area (Å²) in [5.74, 6) is -0.650. The average molecular weight is 230 g/mol. The highest BCUT2D eigenvalue weighted by molar-refractivity contribution is 5.92. The number of phenolic OH excluding ortho intramolecular Hbond substituents is 1. The zero-order valence-electron chi connectivity index (χ0n) is 9.60. The molecule has 0 aromatic heterocycles. The molecule has 3 heteroatoms. The fourth-order valence-corrected chi connectivity index (χ4v) is 2.05. The fourth-order valence-electron chi connectivity index (χ4n) is 2.05. The van der Waals surface area contributed by atoms with Gasteiger partial charge < -0.3 is 10.2 Å². The molecule has 0 aliphatic heterocycles. The molecule has 0 aliphatic carbocycles. The Bertz CT molecular complexity index is 573. The summed E-state index contributed by atoms with van der Waals surface area (Å²) >= 11 is 0. The lowest BCUT2D eigenvalue weighted by Crippen LogP contribution is -1.98. The first kappa shape index (κ1) is 11.5. The Morgan fingerprint density at radius 2 is 1.88 bits per heavy atom. The molecule has 0 amide bonds. The maximum absolute atomic E-state index is 10.6. The van der Waals surface area contributed by atoms with Crippen molar-refractivity contribution in [1.82, 2.24) is 0 Å². The molecule has 0 bridgehead atoms. The number of aryl methyl sites for hydroxylation is 2. The van der Waals surface area contributed by atoms with Crippen LogP contribution in [0.15, 0.2) is 30.3 Å². The zero-order valence-corrected chi connectivity index (χ0v) is 9.60. The predicted octanol–water partition coefficient (Wildman–Crippen LogP) is 2.87. The summed E-state index contributed by atoms with van der Waals surface area (Å²) in [6, 6.07) is 9.45. The average Bonchev–Trinajstić information content (AvgIpc) is 2.32. The number of carboxylic acids is 1. The Morgan fingerprint density at radius 3 is 2.53 bits per heavy atom. The maximum atomic E-state index is 10.6. The van der Waals surface area contributed by atoms with Crippen LogP contribution in [0.4, 0.5) is 0 Å². The molecule has 0 saturated carbocycles. The fraction of sp³-hybridized carbons (Fsp3) is 0.214. The monoisotopic (exact) mass is 230 g/mol. The molecule has 0 saturated heterocycles. The van der Waals surface area contributed by atoms with Gasteiger partial charge in [-0.3, -0.25) is 4.79 Å². The molecular weight excluding hydrogens is 216 g/mol. The molecule has 2 rings (SSSR count). The normalized spacial score (nSPS) is 10.6. The Balaban J connectivity index is 2.51. The van der Waals surface area contributed by atoms with Gasteiger partial charge in [-0.2, -0.15) is 0 Å². The quantitative estimate of drug-likeness (QED) is 0.852. The molecule has 2 N–H and O–H groups in total. The van der Waals surface area contributed by atoms with Crippen LogP contribution < -0.4 is 0 Å². The van der Waals surface area contributed by atoms with E-state index in [-0.39, 0.29) is 12.2 Å². The number of rotatable bonds is 3. The van der Waals surface area contributed by atoms with Gasteiger partial charge in [0.25, 0.3) is 0 Å². The third kappa shape index (κ3) is 2.23. The first-order valence-corrected chi connectivity index (χ1v) is 5.51. The van der Waals surface area contributed by atoms with E-state index in [0.29, 0.717) is 12.0 Å². The second kappa shape index (κ2) is 4.45. The van der Waals surface area contributed by atoms with Crippen molar-refractivity contribution >= 4 is 16.7 Å². The summed E-state index contributed by atoms with van der Waals surface area (Å²) in [7, 11) is 0. The first-order chi connectivity index (χ1) is 8.09. The second-order valence-corrected chi connectivity index (χ2v) is 4.14. The van der Waals surface area contributed by atoms with E-state index in [1.54, 1.807) is 0 Å². The highest BCUT2D eigenvalue weighted by Gasteiger charge is 2.10. The summed E-state index contributed by atoms with van der Waals surface area (Å²) in [5, 5.41) is 20.5. The predicted molar refractivity (Wildman–Crippen MR) is 66.3 cm³/mol. The van der Waals surface area contributed by atoms with Crippen LogP contribution >= 0.6 is 0 Å². The largest absolute Gasteiger partial charge is 0.507 e. The van der Waals surface area contributed by atoms with Gasteiger partial charge in [-0.15, -0.1) is 0 Å². The summed E-state index contributed by atoms with van der Waals surface area (Å²) in [5.41, 5.74) is 1.75. The molecular formula is C14H14O3. The Hall–Kier alpha value is -2.03. The van der Waals surface area contributed by atoms with Gasteiger partial charge in [0.2, 0.25) is 0 Å². The number of hydrogen-bond acceptors (Lipinski definition) is 2. The minimum atomic E-state index is -0.852. The Morgan fingerprint density at radius 1 is 1.24 bits per heavy atom. The van der Waals surface area contributed by atoms with Crippen LogP contribution in [0.1, 0.15) is 17.5 Å². The minimum absolute atomic E-state index is 0.0331. The van der Waals surface area contributed by atoms with E-state index in [1.165, 1.54) is 0 Å². The first-order valence-electron chi connectivity index (χ1n) is 5.51. The molecule has 0 atom stereocenters. The van der Waals surface area contributed by atoms with Gasteiger partial charge in [0.05, 0.1) is 0 Å². The van der Waals surface area contributed by atoms with Crippen molar-refractivity contribution < 1.29 is 15.0 Å². The number of carboxylic acid groups (broad SMARTS) is 1. The lowest BCUT2D eigenvalue weighted by atomic mass is 9.98. The van der Waals surface area contributed by atoms with E-state index in [0.717, 1.165) is 16.3 Å². The number of benzene rings is 2. The topological polar surface area (TPSA) is 57.5 Å². The maximum Gasteiger partial charge on any atom is 0.303 e. The van der Waals surface area contributed by atoms with Gasteiger partial charge in [-0.05, 0) is 29.9 Å². The van der Waals surface area contributed by atoms with Crippen molar-refractivity contribution in [1.29, 1.82) is 0 Å². The smallest absolute Gasteiger partial charge is 0.303 e. The molecule has 3 nitrogen and oxygen atoms in total. The number of carbonyl (C=O) groups is 1. The summed E-state index contributed by atoms with van der Waals surface area (Å²) in [4.78, 5) is 10.6. The highest BCUT2D eigenvalue weighted by atomic mass is 16.4. The van der Waals surface area contributed by atoms with Crippen molar-refractivity contribution in [2.75, 3.05) is 0 Å². The van der Waals surface area contributed by atoms with Crippen LogP contribution in [0.3, 0.4) is 0 Å². The van der Waals surface area contributed by atoms with Gasteiger partial charge in [0.15, 0.2) is 0 Å². The standard InChI is InChI=1S/C14H14O3/c1-9-8-10(6-7-13(15)16)14(17)12-5-3-2-4-11(9)12/h2-5,8,17H,6-7H2,1H3,(H,15,16). The van der Waals surface area contributed by atoms with Crippen molar-refractivity contribution in [3.05, 3.63) is 41.5 Å². The van der Waals surface area contributed by atoms with Crippen molar-refractivity contribution in [2.45, 2.75) is 19.8 Å². The van der Waals surface area contributed by atoms with Crippen LogP contribution in [0.2, 0.25) is 0 Å². The number of aliphatic carboxylic acids is 1. The van der Waals surface area contributed by atoms with E-state index in [1.807, 2.05) is 37.3 Å². The van der Waals surface area contributed by atoms with Gasteiger partial charge in [0, 0.05) is 11.8 Å². The van der Waals surface area contributed by atoms with E-state index in [9.17, 15) is 9.90 Å². The van der Waals surface area contributed by atoms with E-state index in [2.05, 4.69) is 0 Å².